The Morgan fingerprint density at radius 3 is 2.12 bits per heavy atom. The second-order valence-corrected chi connectivity index (χ2v) is 9.39. The molecule has 1 heterocycles. The lowest BCUT2D eigenvalue weighted by atomic mass is 10.0. The van der Waals surface area contributed by atoms with Crippen LogP contribution in [0.2, 0.25) is 0 Å². The first kappa shape index (κ1) is 18.4. The molecule has 0 unspecified atom stereocenters. The van der Waals surface area contributed by atoms with Gasteiger partial charge in [0.1, 0.15) is 5.82 Å². The molecule has 1 saturated carbocycles. The summed E-state index contributed by atoms with van der Waals surface area (Å²) in [5.74, 6) is 0.148. The Hall–Kier alpha value is -2.41. The molecule has 0 radical (unpaired) electrons. The number of rotatable bonds is 5. The third-order valence-corrected chi connectivity index (χ3v) is 6.99. The topological polar surface area (TPSA) is 88.2 Å². The molecule has 3 rings (SSSR count). The van der Waals surface area contributed by atoms with Crippen molar-refractivity contribution < 1.29 is 13.2 Å². The molecule has 1 amide bonds. The van der Waals surface area contributed by atoms with E-state index in [-0.39, 0.29) is 33.4 Å². The molecule has 1 aliphatic rings. The predicted molar refractivity (Wildman–Crippen MR) is 101 cm³/mol. The summed E-state index contributed by atoms with van der Waals surface area (Å²) in [6.45, 7) is 8.32. The summed E-state index contributed by atoms with van der Waals surface area (Å²) < 4.78 is 27.2. The largest absolute Gasteiger partial charge is 0.326 e. The molecule has 2 aromatic rings. The van der Waals surface area contributed by atoms with Crippen molar-refractivity contribution in [2.75, 3.05) is 10.0 Å². The summed E-state index contributed by atoms with van der Waals surface area (Å²) in [6, 6.07) is 11.1. The molecule has 0 bridgehead atoms. The maximum atomic E-state index is 12.5. The maximum Gasteiger partial charge on any atom is 0.263 e. The Morgan fingerprint density at radius 1 is 1.00 bits per heavy atom. The van der Waals surface area contributed by atoms with E-state index in [0.717, 1.165) is 0 Å². The number of hydrogen-bond donors (Lipinski definition) is 2. The Morgan fingerprint density at radius 2 is 1.62 bits per heavy atom. The van der Waals surface area contributed by atoms with Crippen molar-refractivity contribution >= 4 is 27.4 Å². The monoisotopic (exact) mass is 373 g/mol. The number of carbonyl (C=O) groups is 1. The van der Waals surface area contributed by atoms with Gasteiger partial charge in [-0.1, -0.05) is 33.8 Å². The van der Waals surface area contributed by atoms with Gasteiger partial charge >= 0.3 is 0 Å². The molecule has 1 aromatic heterocycles. The minimum atomic E-state index is -3.72. The molecule has 2 N–H and O–H groups in total. The van der Waals surface area contributed by atoms with E-state index >= 15 is 0 Å². The summed E-state index contributed by atoms with van der Waals surface area (Å²) in [6.07, 6.45) is 1.51. The van der Waals surface area contributed by atoms with Crippen LogP contribution in [0.3, 0.4) is 0 Å². The fraction of sp³-hybridized carbons (Fsp3) is 0.368. The first-order valence-electron chi connectivity index (χ1n) is 8.40. The first-order chi connectivity index (χ1) is 12.1. The number of nitrogens with one attached hydrogen (secondary N) is 2. The fourth-order valence-corrected chi connectivity index (χ4v) is 4.41. The number of anilines is 2. The molecule has 26 heavy (non-hydrogen) atoms. The number of nitrogens with zero attached hydrogens (tertiary/aromatic N) is 1. The summed E-state index contributed by atoms with van der Waals surface area (Å²) in [5, 5.41) is 2.88. The average Bonchev–Trinajstić information content (AvgIpc) is 2.97. The van der Waals surface area contributed by atoms with E-state index < -0.39 is 10.0 Å². The SMILES string of the molecule is CC1(C)C(C(=O)Nc2ccc(S(=O)(=O)Nc3ccccn3)cc2)C1(C)C. The summed E-state index contributed by atoms with van der Waals surface area (Å²) >= 11 is 0. The second-order valence-electron chi connectivity index (χ2n) is 7.71. The molecule has 1 fully saturated rings. The number of carbonyl (C=O) groups excluding carboxylic acids is 1. The number of benzene rings is 1. The number of pyridine rings is 1. The van der Waals surface area contributed by atoms with Crippen LogP contribution in [-0.4, -0.2) is 19.3 Å². The van der Waals surface area contributed by atoms with E-state index in [1.54, 1.807) is 30.3 Å². The summed E-state index contributed by atoms with van der Waals surface area (Å²) in [7, 11) is -3.72. The van der Waals surface area contributed by atoms with E-state index in [1.807, 2.05) is 0 Å². The van der Waals surface area contributed by atoms with Crippen molar-refractivity contribution in [3.63, 3.8) is 0 Å². The highest BCUT2D eigenvalue weighted by Crippen LogP contribution is 2.68. The molecular formula is C19H23N3O3S. The van der Waals surface area contributed by atoms with Gasteiger partial charge in [-0.05, 0) is 47.2 Å². The lowest BCUT2D eigenvalue weighted by Crippen LogP contribution is -2.18. The van der Waals surface area contributed by atoms with Gasteiger partial charge < -0.3 is 5.32 Å². The van der Waals surface area contributed by atoms with Gasteiger partial charge in [-0.15, -0.1) is 0 Å². The lowest BCUT2D eigenvalue weighted by molar-refractivity contribution is -0.118. The zero-order valence-electron chi connectivity index (χ0n) is 15.3. The summed E-state index contributed by atoms with van der Waals surface area (Å²) in [4.78, 5) is 16.5. The van der Waals surface area contributed by atoms with Crippen molar-refractivity contribution in [2.45, 2.75) is 32.6 Å². The number of aromatic nitrogens is 1. The van der Waals surface area contributed by atoms with Gasteiger partial charge in [0.05, 0.1) is 4.90 Å². The minimum absolute atomic E-state index is 0.0396. The molecule has 0 saturated heterocycles. The quantitative estimate of drug-likeness (QED) is 0.839. The van der Waals surface area contributed by atoms with Gasteiger partial charge in [0.25, 0.3) is 10.0 Å². The molecular weight excluding hydrogens is 350 g/mol. The van der Waals surface area contributed by atoms with Gasteiger partial charge in [-0.3, -0.25) is 9.52 Å². The molecule has 1 aliphatic carbocycles. The summed E-state index contributed by atoms with van der Waals surface area (Å²) in [5.41, 5.74) is 0.477. The van der Waals surface area contributed by atoms with Crippen LogP contribution in [0.4, 0.5) is 11.5 Å². The molecule has 138 valence electrons. The van der Waals surface area contributed by atoms with Gasteiger partial charge in [0, 0.05) is 17.8 Å². The zero-order valence-corrected chi connectivity index (χ0v) is 16.1. The van der Waals surface area contributed by atoms with Crippen LogP contribution in [0.5, 0.6) is 0 Å². The van der Waals surface area contributed by atoms with Crippen molar-refractivity contribution in [2.24, 2.45) is 16.7 Å². The van der Waals surface area contributed by atoms with Crippen LogP contribution >= 0.6 is 0 Å². The van der Waals surface area contributed by atoms with E-state index in [2.05, 4.69) is 42.7 Å². The number of sulfonamides is 1. The fourth-order valence-electron chi connectivity index (χ4n) is 3.40. The Bertz CT molecular complexity index is 906. The minimum Gasteiger partial charge on any atom is -0.326 e. The Balaban J connectivity index is 1.70. The number of hydrogen-bond acceptors (Lipinski definition) is 4. The van der Waals surface area contributed by atoms with Crippen LogP contribution < -0.4 is 10.0 Å². The second kappa shape index (κ2) is 6.09. The predicted octanol–water partition coefficient (Wildman–Crippen LogP) is 3.50. The van der Waals surface area contributed by atoms with E-state index in [0.29, 0.717) is 5.69 Å². The van der Waals surface area contributed by atoms with Crippen molar-refractivity contribution in [1.82, 2.24) is 4.98 Å². The molecule has 0 aliphatic heterocycles. The average molecular weight is 373 g/mol. The normalized spacial score (nSPS) is 18.2. The third kappa shape index (κ3) is 3.19. The standard InChI is InChI=1S/C19H23N3O3S/c1-18(2)16(19(18,3)4)17(23)21-13-8-10-14(11-9-13)26(24,25)22-15-7-5-6-12-20-15/h5-12,16H,1-4H3,(H,20,22)(H,21,23). The van der Waals surface area contributed by atoms with Crippen molar-refractivity contribution in [3.05, 3.63) is 48.7 Å². The van der Waals surface area contributed by atoms with Gasteiger partial charge in [-0.2, -0.15) is 0 Å². The van der Waals surface area contributed by atoms with Gasteiger partial charge in [-0.25, -0.2) is 13.4 Å². The highest BCUT2D eigenvalue weighted by Gasteiger charge is 2.68. The van der Waals surface area contributed by atoms with Crippen LogP contribution in [-0.2, 0) is 14.8 Å². The molecule has 7 heteroatoms. The first-order valence-corrected chi connectivity index (χ1v) is 9.89. The van der Waals surface area contributed by atoms with E-state index in [9.17, 15) is 13.2 Å². The van der Waals surface area contributed by atoms with E-state index in [4.69, 9.17) is 0 Å². The number of amides is 1. The molecule has 0 spiro atoms. The van der Waals surface area contributed by atoms with Crippen molar-refractivity contribution in [1.29, 1.82) is 0 Å². The van der Waals surface area contributed by atoms with Crippen LogP contribution in [0.15, 0.2) is 53.6 Å². The van der Waals surface area contributed by atoms with Crippen molar-refractivity contribution in [3.8, 4) is 0 Å². The third-order valence-electron chi connectivity index (χ3n) is 5.62. The highest BCUT2D eigenvalue weighted by molar-refractivity contribution is 7.92. The molecule has 6 nitrogen and oxygen atoms in total. The highest BCUT2D eigenvalue weighted by atomic mass is 32.2. The smallest absolute Gasteiger partial charge is 0.263 e. The van der Waals surface area contributed by atoms with E-state index in [1.165, 1.54) is 18.3 Å². The van der Waals surface area contributed by atoms with Crippen LogP contribution in [0, 0.1) is 16.7 Å². The van der Waals surface area contributed by atoms with Gasteiger partial charge in [0.15, 0.2) is 0 Å². The lowest BCUT2D eigenvalue weighted by Gasteiger charge is -2.09. The van der Waals surface area contributed by atoms with Crippen LogP contribution in [0.1, 0.15) is 27.7 Å². The Kier molecular flexibility index (Phi) is 4.30. The maximum absolute atomic E-state index is 12.5. The molecule has 0 atom stereocenters. The zero-order chi connectivity index (χ0) is 19.2. The Labute approximate surface area is 154 Å². The van der Waals surface area contributed by atoms with Crippen LogP contribution in [0.25, 0.3) is 0 Å². The molecule has 1 aromatic carbocycles. The van der Waals surface area contributed by atoms with Gasteiger partial charge in [0.2, 0.25) is 5.91 Å².